The Labute approximate surface area is 67.8 Å². The Morgan fingerprint density at radius 2 is 2.18 bits per heavy atom. The third-order valence-electron chi connectivity index (χ3n) is 2.04. The van der Waals surface area contributed by atoms with Crippen LogP contribution in [0.4, 0.5) is 4.39 Å². The van der Waals surface area contributed by atoms with Crippen LogP contribution in [-0.2, 0) is 0 Å². The molecule has 0 aromatic heterocycles. The van der Waals surface area contributed by atoms with Crippen LogP contribution in [-0.4, -0.2) is 44.3 Å². The van der Waals surface area contributed by atoms with E-state index in [-0.39, 0.29) is 6.67 Å². The van der Waals surface area contributed by atoms with Gasteiger partial charge in [-0.05, 0) is 25.9 Å². The van der Waals surface area contributed by atoms with Gasteiger partial charge in [0.25, 0.3) is 0 Å². The summed E-state index contributed by atoms with van der Waals surface area (Å²) >= 11 is 0. The van der Waals surface area contributed by atoms with E-state index in [4.69, 9.17) is 0 Å². The Kier molecular flexibility index (Phi) is 4.47. The molecule has 1 fully saturated rings. The standard InChI is InChI=1S/C8H17FN2/c9-3-1-6-11-7-2-4-10-5-8-11/h10H,1-8H2. The van der Waals surface area contributed by atoms with Gasteiger partial charge in [0.15, 0.2) is 0 Å². The van der Waals surface area contributed by atoms with Crippen LogP contribution in [0.25, 0.3) is 0 Å². The predicted molar refractivity (Wildman–Crippen MR) is 44.5 cm³/mol. The molecule has 0 aromatic rings. The molecule has 2 nitrogen and oxygen atoms in total. The van der Waals surface area contributed by atoms with Crippen molar-refractivity contribution in [2.24, 2.45) is 0 Å². The maximum absolute atomic E-state index is 11.8. The fourth-order valence-corrected chi connectivity index (χ4v) is 1.41. The van der Waals surface area contributed by atoms with E-state index in [1.807, 2.05) is 0 Å². The lowest BCUT2D eigenvalue weighted by Crippen LogP contribution is -2.29. The number of alkyl halides is 1. The summed E-state index contributed by atoms with van der Waals surface area (Å²) < 4.78 is 11.8. The molecular formula is C8H17FN2. The van der Waals surface area contributed by atoms with Crippen LogP contribution in [0, 0.1) is 0 Å². The van der Waals surface area contributed by atoms with Crippen molar-refractivity contribution in [3.63, 3.8) is 0 Å². The molecular weight excluding hydrogens is 143 g/mol. The molecule has 0 radical (unpaired) electrons. The first-order chi connectivity index (χ1) is 5.43. The Bertz CT molecular complexity index is 90.1. The normalized spacial score (nSPS) is 21.5. The van der Waals surface area contributed by atoms with Gasteiger partial charge in [-0.15, -0.1) is 0 Å². The first-order valence-electron chi connectivity index (χ1n) is 4.42. The molecule has 0 amide bonds. The summed E-state index contributed by atoms with van der Waals surface area (Å²) in [5.74, 6) is 0. The van der Waals surface area contributed by atoms with Gasteiger partial charge >= 0.3 is 0 Å². The lowest BCUT2D eigenvalue weighted by atomic mass is 10.3. The molecule has 0 spiro atoms. The second kappa shape index (κ2) is 5.49. The van der Waals surface area contributed by atoms with Gasteiger partial charge in [-0.25, -0.2) is 0 Å². The minimum absolute atomic E-state index is 0.177. The van der Waals surface area contributed by atoms with Gasteiger partial charge in [0.05, 0.1) is 6.67 Å². The topological polar surface area (TPSA) is 15.3 Å². The van der Waals surface area contributed by atoms with Crippen molar-refractivity contribution < 1.29 is 4.39 Å². The van der Waals surface area contributed by atoms with E-state index in [9.17, 15) is 4.39 Å². The summed E-state index contributed by atoms with van der Waals surface area (Å²) in [5.41, 5.74) is 0. The molecule has 1 aliphatic heterocycles. The van der Waals surface area contributed by atoms with Crippen LogP contribution in [0.3, 0.4) is 0 Å². The lowest BCUT2D eigenvalue weighted by Gasteiger charge is -2.17. The van der Waals surface area contributed by atoms with Crippen LogP contribution in [0.2, 0.25) is 0 Å². The molecule has 3 heteroatoms. The summed E-state index contributed by atoms with van der Waals surface area (Å²) in [6, 6.07) is 0. The van der Waals surface area contributed by atoms with Crippen LogP contribution in [0.1, 0.15) is 12.8 Å². The summed E-state index contributed by atoms with van der Waals surface area (Å²) in [7, 11) is 0. The number of halogens is 1. The van der Waals surface area contributed by atoms with Crippen molar-refractivity contribution >= 4 is 0 Å². The van der Waals surface area contributed by atoms with Crippen molar-refractivity contribution in [1.29, 1.82) is 0 Å². The van der Waals surface area contributed by atoms with Crippen molar-refractivity contribution in [2.75, 3.05) is 39.4 Å². The molecule has 1 aliphatic rings. The first kappa shape index (κ1) is 8.94. The largest absolute Gasteiger partial charge is 0.315 e. The molecule has 0 aliphatic carbocycles. The summed E-state index contributed by atoms with van der Waals surface area (Å²) in [6.45, 7) is 5.15. The Morgan fingerprint density at radius 1 is 1.27 bits per heavy atom. The average Bonchev–Trinajstić information content (AvgIpc) is 2.28. The molecule has 1 heterocycles. The van der Waals surface area contributed by atoms with Gasteiger partial charge in [0, 0.05) is 19.6 Å². The SMILES string of the molecule is FCCCN1CCCNCC1. The molecule has 0 saturated carbocycles. The van der Waals surface area contributed by atoms with Crippen LogP contribution in [0.5, 0.6) is 0 Å². The van der Waals surface area contributed by atoms with E-state index in [2.05, 4.69) is 10.2 Å². The molecule has 0 unspecified atom stereocenters. The van der Waals surface area contributed by atoms with Crippen molar-refractivity contribution in [3.8, 4) is 0 Å². The monoisotopic (exact) mass is 160 g/mol. The van der Waals surface area contributed by atoms with Gasteiger partial charge in [-0.2, -0.15) is 0 Å². The Balaban J connectivity index is 2.09. The zero-order chi connectivity index (χ0) is 7.94. The van der Waals surface area contributed by atoms with E-state index in [1.54, 1.807) is 0 Å². The second-order valence-electron chi connectivity index (χ2n) is 2.99. The van der Waals surface area contributed by atoms with E-state index < -0.39 is 0 Å². The molecule has 1 saturated heterocycles. The van der Waals surface area contributed by atoms with E-state index >= 15 is 0 Å². The highest BCUT2D eigenvalue weighted by molar-refractivity contribution is 4.65. The number of nitrogens with one attached hydrogen (secondary N) is 1. The minimum atomic E-state index is -0.177. The highest BCUT2D eigenvalue weighted by atomic mass is 19.1. The number of hydrogen-bond acceptors (Lipinski definition) is 2. The number of hydrogen-bond donors (Lipinski definition) is 1. The fraction of sp³-hybridized carbons (Fsp3) is 1.00. The predicted octanol–water partition coefficient (Wildman–Crippen LogP) is 0.641. The zero-order valence-corrected chi connectivity index (χ0v) is 6.98. The maximum atomic E-state index is 11.8. The molecule has 0 bridgehead atoms. The first-order valence-corrected chi connectivity index (χ1v) is 4.42. The lowest BCUT2D eigenvalue weighted by molar-refractivity contribution is 0.275. The third kappa shape index (κ3) is 3.68. The Morgan fingerprint density at radius 3 is 3.00 bits per heavy atom. The fourth-order valence-electron chi connectivity index (χ4n) is 1.41. The Hall–Kier alpha value is -0.150. The van der Waals surface area contributed by atoms with E-state index in [0.29, 0.717) is 6.42 Å². The highest BCUT2D eigenvalue weighted by Crippen LogP contribution is 1.96. The highest BCUT2D eigenvalue weighted by Gasteiger charge is 2.06. The molecule has 66 valence electrons. The smallest absolute Gasteiger partial charge is 0.0906 e. The second-order valence-corrected chi connectivity index (χ2v) is 2.99. The molecule has 0 aromatic carbocycles. The zero-order valence-electron chi connectivity index (χ0n) is 6.98. The number of nitrogens with zero attached hydrogens (tertiary/aromatic N) is 1. The third-order valence-corrected chi connectivity index (χ3v) is 2.04. The van der Waals surface area contributed by atoms with Gasteiger partial charge in [0.2, 0.25) is 0 Å². The van der Waals surface area contributed by atoms with Crippen molar-refractivity contribution in [2.45, 2.75) is 12.8 Å². The number of rotatable bonds is 3. The minimum Gasteiger partial charge on any atom is -0.315 e. The van der Waals surface area contributed by atoms with E-state index in [1.165, 1.54) is 6.42 Å². The average molecular weight is 160 g/mol. The molecule has 1 rings (SSSR count). The molecule has 11 heavy (non-hydrogen) atoms. The van der Waals surface area contributed by atoms with Crippen LogP contribution < -0.4 is 5.32 Å². The van der Waals surface area contributed by atoms with E-state index in [0.717, 1.165) is 32.7 Å². The summed E-state index contributed by atoms with van der Waals surface area (Å²) in [4.78, 5) is 2.33. The van der Waals surface area contributed by atoms with Gasteiger partial charge in [-0.3, -0.25) is 4.39 Å². The quantitative estimate of drug-likeness (QED) is 0.652. The van der Waals surface area contributed by atoms with Crippen LogP contribution >= 0.6 is 0 Å². The van der Waals surface area contributed by atoms with Crippen molar-refractivity contribution in [1.82, 2.24) is 10.2 Å². The maximum Gasteiger partial charge on any atom is 0.0906 e. The molecule has 0 atom stereocenters. The molecule has 1 N–H and O–H groups in total. The van der Waals surface area contributed by atoms with Gasteiger partial charge in [-0.1, -0.05) is 0 Å². The van der Waals surface area contributed by atoms with Gasteiger partial charge < -0.3 is 10.2 Å². The van der Waals surface area contributed by atoms with Crippen molar-refractivity contribution in [3.05, 3.63) is 0 Å². The summed E-state index contributed by atoms with van der Waals surface area (Å²) in [6.07, 6.45) is 1.90. The summed E-state index contributed by atoms with van der Waals surface area (Å²) in [5, 5.41) is 3.32. The van der Waals surface area contributed by atoms with Gasteiger partial charge in [0.1, 0.15) is 0 Å². The van der Waals surface area contributed by atoms with Crippen LogP contribution in [0.15, 0.2) is 0 Å².